The van der Waals surface area contributed by atoms with Crippen molar-refractivity contribution in [3.05, 3.63) is 328 Å². The fourth-order valence-corrected chi connectivity index (χ4v) is 14.5. The van der Waals surface area contributed by atoms with E-state index < -0.39 is 41.8 Å². The molecule has 5 amide bonds. The van der Waals surface area contributed by atoms with Crippen LogP contribution in [0.3, 0.4) is 0 Å². The predicted octanol–water partition coefficient (Wildman–Crippen LogP) is 13.2. The van der Waals surface area contributed by atoms with Gasteiger partial charge < -0.3 is 73.9 Å². The summed E-state index contributed by atoms with van der Waals surface area (Å²) < 4.78 is 42.1. The first-order valence-electron chi connectivity index (χ1n) is 47.2. The van der Waals surface area contributed by atoms with Gasteiger partial charge in [0.15, 0.2) is 28.8 Å². The van der Waals surface area contributed by atoms with Gasteiger partial charge in [-0.1, -0.05) is 163 Å². The number of ether oxygens (including phenoxy) is 9. The van der Waals surface area contributed by atoms with E-state index in [1.54, 1.807) is 85.0 Å². The number of amides is 5. The number of aromatic nitrogens is 3. The highest BCUT2D eigenvalue weighted by molar-refractivity contribution is 6.08. The van der Waals surface area contributed by atoms with E-state index >= 15 is 0 Å². The first-order chi connectivity index (χ1) is 70.4. The number of likely N-dealkylation sites (tertiary alicyclic amines) is 1. The maximum absolute atomic E-state index is 12.5. The highest BCUT2D eigenvalue weighted by atomic mass is 16.5. The number of aryl methyl sites for hydroxylation is 3. The molecule has 1 aliphatic carbocycles. The number of para-hydroxylation sites is 2. The van der Waals surface area contributed by atoms with E-state index in [4.69, 9.17) is 14.6 Å². The molecule has 0 radical (unpaired) electrons. The fourth-order valence-electron chi connectivity index (χ4n) is 14.5. The van der Waals surface area contributed by atoms with E-state index in [1.807, 2.05) is 118 Å². The van der Waals surface area contributed by atoms with E-state index in [1.165, 1.54) is 127 Å². The molecule has 0 spiro atoms. The van der Waals surface area contributed by atoms with Gasteiger partial charge in [0.1, 0.15) is 18.3 Å². The second-order valence-corrected chi connectivity index (χ2v) is 33.1. The topological polar surface area (TPSA) is 453 Å². The van der Waals surface area contributed by atoms with Crippen LogP contribution >= 0.6 is 0 Å². The summed E-state index contributed by atoms with van der Waals surface area (Å²) in [6.45, 7) is 10.6. The van der Waals surface area contributed by atoms with Crippen LogP contribution in [0, 0.1) is 32.6 Å². The number of hydrogen-bond donors (Lipinski definition) is 5. The normalized spacial score (nSPS) is 13.7. The lowest BCUT2D eigenvalue weighted by atomic mass is 9.95. The Bertz CT molecular complexity index is 6180. The molecule has 146 heavy (non-hydrogen) atoms. The summed E-state index contributed by atoms with van der Waals surface area (Å²) in [5.74, 6) is -2.24. The molecular weight excluding hydrogens is 1870 g/mol. The second-order valence-electron chi connectivity index (χ2n) is 33.1. The summed E-state index contributed by atoms with van der Waals surface area (Å²) >= 11 is 0. The molecule has 1 unspecified atom stereocenters. The Balaban J connectivity index is 0.000000232. The molecule has 6 heterocycles. The van der Waals surface area contributed by atoms with Crippen LogP contribution in [0.1, 0.15) is 161 Å². The summed E-state index contributed by atoms with van der Waals surface area (Å²) in [6.07, 6.45) is 29.5. The average Bonchev–Trinajstić information content (AvgIpc) is 1.74. The van der Waals surface area contributed by atoms with E-state index in [-0.39, 0.29) is 97.5 Å². The van der Waals surface area contributed by atoms with Crippen LogP contribution in [0.15, 0.2) is 255 Å². The van der Waals surface area contributed by atoms with E-state index in [0.717, 1.165) is 95.2 Å². The molecule has 34 heteroatoms. The number of allylic oxidation sites excluding steroid dienone is 3. The lowest BCUT2D eigenvalue weighted by molar-refractivity contribution is -0.139. The first-order valence-corrected chi connectivity index (χ1v) is 47.2. The fraction of sp³-hybridized carbons (Fsp3) is 0.321. The van der Waals surface area contributed by atoms with Crippen LogP contribution in [0.25, 0.3) is 21.8 Å². The number of carbonyl (C=O) groups excluding carboxylic acids is 15. The van der Waals surface area contributed by atoms with E-state index in [9.17, 15) is 71.9 Å². The average molecular weight is 2000 g/mol. The number of nitrogens with one attached hydrogen (secondary N) is 4. The minimum Gasteiger partial charge on any atom is -0.493 e. The molecular formula is C112H127N9O25. The number of nitrogens with zero attached hydrogens (tertiary/aromatic N) is 5. The molecule has 2 atom stereocenters. The number of methoxy groups -OCH3 is 8. The van der Waals surface area contributed by atoms with Crippen molar-refractivity contribution in [1.82, 2.24) is 46.0 Å². The zero-order valence-electron chi connectivity index (χ0n) is 84.0. The van der Waals surface area contributed by atoms with Crippen molar-refractivity contribution in [2.24, 2.45) is 11.8 Å². The Labute approximate surface area is 849 Å². The van der Waals surface area contributed by atoms with Gasteiger partial charge in [0.2, 0.25) is 17.7 Å². The number of rotatable bonds is 36. The Morgan fingerprint density at radius 3 is 1.47 bits per heavy atom. The van der Waals surface area contributed by atoms with Gasteiger partial charge >= 0.3 is 41.8 Å². The van der Waals surface area contributed by atoms with Crippen LogP contribution in [0.4, 0.5) is 0 Å². The Morgan fingerprint density at radius 1 is 0.438 bits per heavy atom. The highest BCUT2D eigenvalue weighted by Gasteiger charge is 2.41. The van der Waals surface area contributed by atoms with Crippen molar-refractivity contribution < 1.29 is 120 Å². The molecule has 13 rings (SSSR count). The molecule has 3 aromatic heterocycles. The van der Waals surface area contributed by atoms with E-state index in [0.29, 0.717) is 104 Å². The minimum atomic E-state index is -0.455. The van der Waals surface area contributed by atoms with Crippen molar-refractivity contribution >= 4 is 110 Å². The smallest absolute Gasteiger partial charge is 0.330 e. The van der Waals surface area contributed by atoms with Crippen molar-refractivity contribution in [1.29, 1.82) is 0 Å². The Kier molecular flexibility index (Phi) is 51.3. The van der Waals surface area contributed by atoms with Gasteiger partial charge in [0, 0.05) is 171 Å². The number of ketones is 3. The second kappa shape index (κ2) is 64.2. The summed E-state index contributed by atoms with van der Waals surface area (Å²) in [5.41, 5.74) is 13.0. The monoisotopic (exact) mass is 2000 g/mol. The molecule has 34 nitrogen and oxygen atoms in total. The van der Waals surface area contributed by atoms with Crippen LogP contribution in [0.2, 0.25) is 0 Å². The third-order valence-corrected chi connectivity index (χ3v) is 22.4. The lowest BCUT2D eigenvalue weighted by Gasteiger charge is -2.28. The largest absolute Gasteiger partial charge is 0.493 e. The summed E-state index contributed by atoms with van der Waals surface area (Å²) in [7, 11) is 10.7. The summed E-state index contributed by atoms with van der Waals surface area (Å²) in [5, 5.41) is 21.5. The third kappa shape index (κ3) is 41.7. The number of hydrogen-bond acceptors (Lipinski definition) is 29. The first kappa shape index (κ1) is 117. The molecule has 4 aliphatic rings. The van der Waals surface area contributed by atoms with Gasteiger partial charge in [-0.3, -0.25) is 53.2 Å². The number of pyridine rings is 3. The predicted molar refractivity (Wildman–Crippen MR) is 548 cm³/mol. The molecule has 1 saturated carbocycles. The van der Waals surface area contributed by atoms with Gasteiger partial charge in [-0.05, 0) is 155 Å². The molecule has 2 fully saturated rings. The molecule has 6 aromatic carbocycles. The third-order valence-electron chi connectivity index (χ3n) is 22.4. The van der Waals surface area contributed by atoms with Gasteiger partial charge in [-0.2, -0.15) is 0 Å². The zero-order chi connectivity index (χ0) is 106. The van der Waals surface area contributed by atoms with Gasteiger partial charge in [-0.25, -0.2) is 38.5 Å². The number of Topliss-reactive ketones (excluding diaryl/α,β-unsaturated/α-hetero) is 3. The quantitative estimate of drug-likeness (QED) is 0.0105. The number of aliphatic hydroxyl groups is 1. The van der Waals surface area contributed by atoms with Crippen molar-refractivity contribution in [2.75, 3.05) is 103 Å². The van der Waals surface area contributed by atoms with Crippen molar-refractivity contribution in [3.8, 4) is 11.5 Å². The van der Waals surface area contributed by atoms with Crippen LogP contribution < -0.4 is 30.7 Å². The lowest BCUT2D eigenvalue weighted by Crippen LogP contribution is -2.46. The number of aliphatic hydroxyl groups excluding tert-OH is 1. The highest BCUT2D eigenvalue weighted by Crippen LogP contribution is 2.37. The van der Waals surface area contributed by atoms with Crippen LogP contribution in [-0.2, 0) is 114 Å². The Morgan fingerprint density at radius 2 is 0.938 bits per heavy atom. The molecule has 0 bridgehead atoms. The molecule has 770 valence electrons. The summed E-state index contributed by atoms with van der Waals surface area (Å²) in [4.78, 5) is 189. The number of benzene rings is 6. The number of fused-ring (bicyclic) bond motifs is 4. The van der Waals surface area contributed by atoms with Crippen LogP contribution in [-0.4, -0.2) is 227 Å². The van der Waals surface area contributed by atoms with E-state index in [2.05, 4.69) is 98.5 Å². The molecule has 5 N–H and O–H groups in total. The van der Waals surface area contributed by atoms with Gasteiger partial charge in [0.05, 0.1) is 80.4 Å². The molecule has 3 aliphatic heterocycles. The standard InChI is InChI=1S/C23H25NO3.C18H19NO3.C16H19NO5.C15H14N2O3.C14H20N2O4.C14H16O4.C12H14N2O3/c1-27-23(26)9-5-4-8-22(25)20-12-10-18(11-13-20)16-24-15-14-19-6-2-3-7-21(19)17-24;1-12-8-9-16-14(10-12)15(11-13(2)19-16)17(20)6-4-5-7-18(21)22-3;1-20-13-6-3-5-11-9-12(10-22-15(11)13)16(19)17-8-4-7-14(18)21-2;1-20-14(18)7-4-10-16-15(19)13-9-8-11-5-2-3-6-12(11)17-13;1-20-12(17)5-2-8-15-13(18)11-4-3-9-16(11)14(19)10-6-7-10;1-18-14(17)5-3-2-4-13(16)12-8-6-11(10-15)7-9-12;1-9-8-10(5-7-13-9)12(16)14-6-3-4-11(15)17-2/h2-3,5-7,9-13H,4,8,14-17H2,1H3;5,7-11H,4,6H2,1-3H3;3-7,12H,8-10H2,1-2H3,(H,17,19);2-9H,10H2,1H3,(H,16,19);2,5,10-11H,3-4,6-9H2,1H3,(H,15,18);3,5-9,15H,2,4,10H2,1H3;3-5,7-8H,6H2,1-2H3,(H,14,16)/b9-5+;7-5+;2*7-4+;5-2+;5-3+;4-3+/t;;;;11-;;/m....0../s1. The molecule has 1 saturated heterocycles. The maximum atomic E-state index is 12.5. The SMILES string of the molecule is COC(=O)/C=C/CCC(=O)c1cc(C)nc2ccc(C)cc12.COC(=O)/C=C/CCC(=O)c1ccc(CN2CCc3ccccc3C2)cc1.COC(=O)/C=C/CCC(=O)c1ccc(CO)cc1.COC(=O)/C=C/CNC(=O)C1COc2c(cccc2OC)C1.COC(=O)/C=C/CNC(=O)[C@@H]1CCCN1C(=O)C1CC1.COC(=O)/C=C/CNC(=O)c1ccc2ccccc2n1.COC(=O)/C=C/CNC(=O)c1ccnc(C)c1. The number of esters is 7. The summed E-state index contributed by atoms with van der Waals surface area (Å²) in [6, 6.07) is 50.8. The van der Waals surface area contributed by atoms with Gasteiger partial charge in [0.25, 0.3) is 11.8 Å². The van der Waals surface area contributed by atoms with Gasteiger partial charge in [-0.15, -0.1) is 0 Å². The van der Waals surface area contributed by atoms with Crippen molar-refractivity contribution in [2.45, 2.75) is 124 Å². The minimum absolute atomic E-state index is 0.00834. The van der Waals surface area contributed by atoms with Crippen molar-refractivity contribution in [3.63, 3.8) is 0 Å². The number of carbonyl (C=O) groups is 15. The Hall–Kier alpha value is -16.4. The van der Waals surface area contributed by atoms with Crippen LogP contribution in [0.5, 0.6) is 11.5 Å². The maximum Gasteiger partial charge on any atom is 0.330 e. The molecule has 9 aromatic rings. The zero-order valence-corrected chi connectivity index (χ0v) is 84.0.